The number of carbonyl (C=O) groups is 1. The van der Waals surface area contributed by atoms with Crippen LogP contribution in [0.15, 0.2) is 23.1 Å². The molecular weight excluding hydrogens is 404 g/mol. The van der Waals surface area contributed by atoms with Crippen molar-refractivity contribution in [3.8, 4) is 11.5 Å². The summed E-state index contributed by atoms with van der Waals surface area (Å²) in [7, 11) is -0.858. The van der Waals surface area contributed by atoms with Crippen molar-refractivity contribution in [2.24, 2.45) is 5.92 Å². The van der Waals surface area contributed by atoms with Crippen molar-refractivity contribution < 1.29 is 22.7 Å². The van der Waals surface area contributed by atoms with Crippen LogP contribution in [-0.2, 0) is 14.8 Å². The third kappa shape index (κ3) is 5.46. The molecule has 1 aliphatic heterocycles. The summed E-state index contributed by atoms with van der Waals surface area (Å²) >= 11 is 0. The van der Waals surface area contributed by atoms with E-state index in [1.54, 1.807) is 12.1 Å². The van der Waals surface area contributed by atoms with E-state index in [9.17, 15) is 13.2 Å². The monoisotopic (exact) mass is 438 g/mol. The third-order valence-electron chi connectivity index (χ3n) is 6.20. The Kier molecular flexibility index (Phi) is 7.99. The zero-order valence-electron chi connectivity index (χ0n) is 18.1. The van der Waals surface area contributed by atoms with E-state index in [1.807, 2.05) is 0 Å². The van der Waals surface area contributed by atoms with Gasteiger partial charge in [0.25, 0.3) is 0 Å². The first kappa shape index (κ1) is 22.9. The highest BCUT2D eigenvalue weighted by atomic mass is 32.2. The molecule has 0 spiro atoms. The normalized spacial score (nSPS) is 22.0. The fraction of sp³-hybridized carbons (Fsp3) is 0.682. The predicted molar refractivity (Wildman–Crippen MR) is 115 cm³/mol. The molecule has 1 saturated carbocycles. The van der Waals surface area contributed by atoms with Crippen molar-refractivity contribution in [3.05, 3.63) is 18.2 Å². The molecule has 168 valence electrons. The smallest absolute Gasteiger partial charge is 0.246 e. The summed E-state index contributed by atoms with van der Waals surface area (Å²) in [5.41, 5.74) is 0. The average molecular weight is 439 g/mol. The topological polar surface area (TPSA) is 84.9 Å². The Morgan fingerprint density at radius 2 is 1.70 bits per heavy atom. The largest absolute Gasteiger partial charge is 0.497 e. The Labute approximate surface area is 180 Å². The number of methoxy groups -OCH3 is 2. The highest BCUT2D eigenvalue weighted by Crippen LogP contribution is 2.32. The van der Waals surface area contributed by atoms with Crippen molar-refractivity contribution in [3.63, 3.8) is 0 Å². The molecule has 3 rings (SSSR count). The molecule has 0 bridgehead atoms. The van der Waals surface area contributed by atoms with E-state index in [-0.39, 0.29) is 35.1 Å². The first-order chi connectivity index (χ1) is 14.5. The van der Waals surface area contributed by atoms with Gasteiger partial charge < -0.3 is 14.8 Å². The number of nitrogens with zero attached hydrogens (tertiary/aromatic N) is 1. The summed E-state index contributed by atoms with van der Waals surface area (Å²) < 4.78 is 38.6. The van der Waals surface area contributed by atoms with Gasteiger partial charge in [0.15, 0.2) is 0 Å². The van der Waals surface area contributed by atoms with Crippen LogP contribution in [0.3, 0.4) is 0 Å². The van der Waals surface area contributed by atoms with Crippen LogP contribution in [0, 0.1) is 5.92 Å². The van der Waals surface area contributed by atoms with E-state index in [0.717, 1.165) is 25.7 Å². The van der Waals surface area contributed by atoms with Crippen LogP contribution in [0.25, 0.3) is 0 Å². The molecule has 1 amide bonds. The number of ether oxygens (including phenoxy) is 2. The minimum atomic E-state index is -3.80. The van der Waals surface area contributed by atoms with Gasteiger partial charge in [0.2, 0.25) is 15.9 Å². The number of piperidine rings is 1. The number of benzene rings is 1. The van der Waals surface area contributed by atoms with E-state index in [1.165, 1.54) is 43.9 Å². The second kappa shape index (κ2) is 10.5. The summed E-state index contributed by atoms with van der Waals surface area (Å²) in [5.74, 6) is 0.385. The average Bonchev–Trinajstić information content (AvgIpc) is 2.75. The molecule has 7 nitrogen and oxygen atoms in total. The van der Waals surface area contributed by atoms with Crippen LogP contribution in [0.4, 0.5) is 0 Å². The van der Waals surface area contributed by atoms with Crippen LogP contribution in [0.2, 0.25) is 0 Å². The second-order valence-corrected chi connectivity index (χ2v) is 10.2. The van der Waals surface area contributed by atoms with Gasteiger partial charge in [-0.05, 0) is 37.8 Å². The molecule has 0 radical (unpaired) electrons. The Bertz CT molecular complexity index is 819. The first-order valence-corrected chi connectivity index (χ1v) is 12.4. The van der Waals surface area contributed by atoms with E-state index in [4.69, 9.17) is 9.47 Å². The molecule has 2 fully saturated rings. The summed E-state index contributed by atoms with van der Waals surface area (Å²) in [6, 6.07) is 4.95. The maximum absolute atomic E-state index is 13.3. The van der Waals surface area contributed by atoms with Crippen LogP contribution in [0.5, 0.6) is 11.5 Å². The maximum Gasteiger partial charge on any atom is 0.246 e. The lowest BCUT2D eigenvalue weighted by Gasteiger charge is -2.32. The highest BCUT2D eigenvalue weighted by Gasteiger charge is 2.35. The van der Waals surface area contributed by atoms with Crippen LogP contribution in [0.1, 0.15) is 57.8 Å². The molecule has 1 N–H and O–H groups in total. The number of hydrogen-bond donors (Lipinski definition) is 1. The molecule has 1 saturated heterocycles. The number of hydrogen-bond acceptors (Lipinski definition) is 5. The number of rotatable bonds is 6. The lowest BCUT2D eigenvalue weighted by molar-refractivity contribution is -0.126. The van der Waals surface area contributed by atoms with Crippen molar-refractivity contribution >= 4 is 15.9 Å². The minimum Gasteiger partial charge on any atom is -0.497 e. The van der Waals surface area contributed by atoms with Gasteiger partial charge in [-0.2, -0.15) is 4.31 Å². The van der Waals surface area contributed by atoms with Crippen molar-refractivity contribution in [1.82, 2.24) is 9.62 Å². The molecule has 0 aromatic heterocycles. The molecule has 2 aliphatic rings. The number of sulfonamides is 1. The summed E-state index contributed by atoms with van der Waals surface area (Å²) in [4.78, 5) is 13.0. The Morgan fingerprint density at radius 1 is 1.00 bits per heavy atom. The van der Waals surface area contributed by atoms with Crippen molar-refractivity contribution in [2.45, 2.75) is 68.7 Å². The van der Waals surface area contributed by atoms with Crippen LogP contribution >= 0.6 is 0 Å². The molecule has 1 aromatic carbocycles. The number of nitrogens with one attached hydrogen (secondary N) is 1. The van der Waals surface area contributed by atoms with E-state index in [0.29, 0.717) is 25.1 Å². The summed E-state index contributed by atoms with van der Waals surface area (Å²) in [6.45, 7) is 0.594. The van der Waals surface area contributed by atoms with Crippen molar-refractivity contribution in [2.75, 3.05) is 27.3 Å². The molecule has 30 heavy (non-hydrogen) atoms. The fourth-order valence-corrected chi connectivity index (χ4v) is 6.11. The molecular formula is C22H34N2O5S. The first-order valence-electron chi connectivity index (χ1n) is 11.0. The Hall–Kier alpha value is -1.80. The van der Waals surface area contributed by atoms with Gasteiger partial charge in [-0.1, -0.05) is 32.1 Å². The van der Waals surface area contributed by atoms with Crippen LogP contribution < -0.4 is 14.8 Å². The molecule has 1 heterocycles. The maximum atomic E-state index is 13.3. The van der Waals surface area contributed by atoms with Crippen molar-refractivity contribution in [1.29, 1.82) is 0 Å². The van der Waals surface area contributed by atoms with E-state index in [2.05, 4.69) is 5.32 Å². The number of amides is 1. The lowest BCUT2D eigenvalue weighted by Crippen LogP contribution is -2.47. The minimum absolute atomic E-state index is 0.0157. The molecule has 0 unspecified atom stereocenters. The fourth-order valence-electron chi connectivity index (χ4n) is 4.42. The standard InChI is InChI=1S/C22H34N2O5S/c1-28-19-12-13-20(29-2)21(15-19)30(26,27)24-14-8-9-17(16-24)22(25)23-18-10-6-4-3-5-7-11-18/h12-13,15,17-18H,3-11,14,16H2,1-2H3,(H,23,25)/t17-/m0/s1. The molecule has 1 atom stereocenters. The molecule has 1 aliphatic carbocycles. The van der Waals surface area contributed by atoms with Gasteiger partial charge in [0.05, 0.1) is 20.1 Å². The highest BCUT2D eigenvalue weighted by molar-refractivity contribution is 7.89. The quantitative estimate of drug-likeness (QED) is 0.736. The van der Waals surface area contributed by atoms with E-state index >= 15 is 0 Å². The zero-order chi connectivity index (χ0) is 21.6. The van der Waals surface area contributed by atoms with Crippen LogP contribution in [-0.4, -0.2) is 52.0 Å². The summed E-state index contributed by atoms with van der Waals surface area (Å²) in [5, 5.41) is 3.20. The molecule has 8 heteroatoms. The number of carbonyl (C=O) groups excluding carboxylic acids is 1. The van der Waals surface area contributed by atoms with Gasteiger partial charge in [0.1, 0.15) is 16.4 Å². The lowest BCUT2D eigenvalue weighted by atomic mass is 9.94. The van der Waals surface area contributed by atoms with E-state index < -0.39 is 10.0 Å². The zero-order valence-corrected chi connectivity index (χ0v) is 18.9. The predicted octanol–water partition coefficient (Wildman–Crippen LogP) is 3.33. The van der Waals surface area contributed by atoms with Gasteiger partial charge >= 0.3 is 0 Å². The SMILES string of the molecule is COc1ccc(OC)c(S(=O)(=O)N2CCC[C@H](C(=O)NC3CCCCCCC3)C2)c1. The van der Waals surface area contributed by atoms with Gasteiger partial charge in [-0.15, -0.1) is 0 Å². The summed E-state index contributed by atoms with van der Waals surface area (Å²) in [6.07, 6.45) is 9.42. The third-order valence-corrected chi connectivity index (χ3v) is 8.08. The molecule has 1 aromatic rings. The Balaban J connectivity index is 1.71. The van der Waals surface area contributed by atoms with Gasteiger partial charge in [-0.25, -0.2) is 8.42 Å². The van der Waals surface area contributed by atoms with Gasteiger partial charge in [-0.3, -0.25) is 4.79 Å². The Morgan fingerprint density at radius 3 is 2.37 bits per heavy atom. The second-order valence-electron chi connectivity index (χ2n) is 8.27. The van der Waals surface area contributed by atoms with Gasteiger partial charge in [0, 0.05) is 25.2 Å².